The number of rotatable bonds is 5. The molecule has 1 saturated heterocycles. The fourth-order valence-electron chi connectivity index (χ4n) is 2.56. The minimum absolute atomic E-state index is 0.0587. The van der Waals surface area contributed by atoms with Crippen molar-refractivity contribution in [3.8, 4) is 0 Å². The van der Waals surface area contributed by atoms with Crippen LogP contribution < -0.4 is 0 Å². The van der Waals surface area contributed by atoms with Crippen LogP contribution in [0.25, 0.3) is 0 Å². The zero-order valence-electron chi connectivity index (χ0n) is 13.3. The first-order valence-electron chi connectivity index (χ1n) is 7.73. The van der Waals surface area contributed by atoms with Gasteiger partial charge in [0.2, 0.25) is 0 Å². The lowest BCUT2D eigenvalue weighted by atomic mass is 10.0. The summed E-state index contributed by atoms with van der Waals surface area (Å²) in [6.07, 6.45) is 1.17. The van der Waals surface area contributed by atoms with Gasteiger partial charge in [-0.2, -0.15) is 0 Å². The lowest BCUT2D eigenvalue weighted by Gasteiger charge is -2.36. The van der Waals surface area contributed by atoms with E-state index in [0.717, 1.165) is 18.4 Å². The van der Waals surface area contributed by atoms with Gasteiger partial charge in [-0.05, 0) is 32.3 Å². The summed E-state index contributed by atoms with van der Waals surface area (Å²) in [5, 5.41) is 10.1. The molecule has 1 N–H and O–H groups in total. The SMILES string of the molecule is CC(C)(O)CN(C(=O)OCc1ccccc1)C1CCOCC1. The summed E-state index contributed by atoms with van der Waals surface area (Å²) in [5.74, 6) is 0. The van der Waals surface area contributed by atoms with E-state index >= 15 is 0 Å². The van der Waals surface area contributed by atoms with E-state index in [9.17, 15) is 9.90 Å². The lowest BCUT2D eigenvalue weighted by Crippen LogP contribution is -2.49. The molecule has 1 amide bonds. The van der Waals surface area contributed by atoms with Crippen LogP contribution in [0.1, 0.15) is 32.3 Å². The third kappa shape index (κ3) is 5.31. The molecule has 0 radical (unpaired) electrons. The third-order valence-electron chi connectivity index (χ3n) is 3.63. The van der Waals surface area contributed by atoms with Crippen molar-refractivity contribution in [3.05, 3.63) is 35.9 Å². The Morgan fingerprint density at radius 1 is 1.32 bits per heavy atom. The van der Waals surface area contributed by atoms with E-state index in [4.69, 9.17) is 9.47 Å². The summed E-state index contributed by atoms with van der Waals surface area (Å²) in [6, 6.07) is 9.65. The van der Waals surface area contributed by atoms with E-state index in [-0.39, 0.29) is 25.3 Å². The van der Waals surface area contributed by atoms with Gasteiger partial charge in [-0.15, -0.1) is 0 Å². The number of nitrogens with zero attached hydrogens (tertiary/aromatic N) is 1. The monoisotopic (exact) mass is 307 g/mol. The van der Waals surface area contributed by atoms with Crippen molar-refractivity contribution in [3.63, 3.8) is 0 Å². The van der Waals surface area contributed by atoms with Gasteiger partial charge in [-0.3, -0.25) is 0 Å². The van der Waals surface area contributed by atoms with E-state index in [1.807, 2.05) is 30.3 Å². The molecule has 1 aromatic rings. The van der Waals surface area contributed by atoms with E-state index in [2.05, 4.69) is 0 Å². The van der Waals surface area contributed by atoms with Crippen LogP contribution in [-0.4, -0.2) is 47.5 Å². The summed E-state index contributed by atoms with van der Waals surface area (Å²) in [7, 11) is 0. The van der Waals surface area contributed by atoms with E-state index in [0.29, 0.717) is 13.2 Å². The fourth-order valence-corrected chi connectivity index (χ4v) is 2.56. The number of amides is 1. The Hall–Kier alpha value is -1.59. The first-order valence-corrected chi connectivity index (χ1v) is 7.73. The van der Waals surface area contributed by atoms with Crippen LogP contribution >= 0.6 is 0 Å². The van der Waals surface area contributed by atoms with Crippen LogP contribution in [0.4, 0.5) is 4.79 Å². The summed E-state index contributed by atoms with van der Waals surface area (Å²) < 4.78 is 10.8. The molecule has 0 unspecified atom stereocenters. The molecule has 0 atom stereocenters. The minimum atomic E-state index is -0.954. The van der Waals surface area contributed by atoms with Crippen molar-refractivity contribution in [2.75, 3.05) is 19.8 Å². The van der Waals surface area contributed by atoms with Gasteiger partial charge in [0.1, 0.15) is 6.61 Å². The Bertz CT molecular complexity index is 463. The van der Waals surface area contributed by atoms with Gasteiger partial charge < -0.3 is 19.5 Å². The highest BCUT2D eigenvalue weighted by Crippen LogP contribution is 2.19. The summed E-state index contributed by atoms with van der Waals surface area (Å²) >= 11 is 0. The molecular weight excluding hydrogens is 282 g/mol. The first kappa shape index (κ1) is 16.8. The van der Waals surface area contributed by atoms with Crippen LogP contribution in [0.5, 0.6) is 0 Å². The highest BCUT2D eigenvalue weighted by atomic mass is 16.6. The minimum Gasteiger partial charge on any atom is -0.445 e. The molecule has 1 fully saturated rings. The molecular formula is C17H25NO4. The maximum Gasteiger partial charge on any atom is 0.410 e. The van der Waals surface area contributed by atoms with Crippen molar-refractivity contribution >= 4 is 6.09 Å². The van der Waals surface area contributed by atoms with Crippen molar-refractivity contribution in [2.24, 2.45) is 0 Å². The predicted molar refractivity (Wildman–Crippen MR) is 83.5 cm³/mol. The van der Waals surface area contributed by atoms with Gasteiger partial charge in [0.05, 0.1) is 12.1 Å². The molecule has 122 valence electrons. The Labute approximate surface area is 131 Å². The number of benzene rings is 1. The molecule has 22 heavy (non-hydrogen) atoms. The molecule has 1 heterocycles. The van der Waals surface area contributed by atoms with Crippen LogP contribution in [0.2, 0.25) is 0 Å². The second-order valence-electron chi connectivity index (χ2n) is 6.32. The highest BCUT2D eigenvalue weighted by Gasteiger charge is 2.31. The molecule has 0 spiro atoms. The smallest absolute Gasteiger partial charge is 0.410 e. The molecule has 0 aromatic heterocycles. The van der Waals surface area contributed by atoms with Crippen molar-refractivity contribution in [1.29, 1.82) is 0 Å². The topological polar surface area (TPSA) is 59.0 Å². The summed E-state index contributed by atoms with van der Waals surface area (Å²) in [5.41, 5.74) is -0.00426. The largest absolute Gasteiger partial charge is 0.445 e. The Kier molecular flexibility index (Phi) is 5.80. The molecule has 5 heteroatoms. The van der Waals surface area contributed by atoms with E-state index in [1.165, 1.54) is 0 Å². The van der Waals surface area contributed by atoms with E-state index in [1.54, 1.807) is 18.7 Å². The summed E-state index contributed by atoms with van der Waals surface area (Å²) in [6.45, 7) is 5.17. The fraction of sp³-hybridized carbons (Fsp3) is 0.588. The standard InChI is InChI=1S/C17H25NO4/c1-17(2,20)13-18(15-8-10-21-11-9-15)16(19)22-12-14-6-4-3-5-7-14/h3-7,15,20H,8-13H2,1-2H3. The molecule has 1 aliphatic rings. The van der Waals surface area contributed by atoms with Gasteiger partial charge in [0, 0.05) is 19.3 Å². The Morgan fingerprint density at radius 2 is 1.95 bits per heavy atom. The maximum atomic E-state index is 12.4. The van der Waals surface area contributed by atoms with Gasteiger partial charge in [0.15, 0.2) is 0 Å². The highest BCUT2D eigenvalue weighted by molar-refractivity contribution is 5.68. The first-order chi connectivity index (χ1) is 10.5. The maximum absolute atomic E-state index is 12.4. The average Bonchev–Trinajstić information content (AvgIpc) is 2.51. The number of carbonyl (C=O) groups excluding carboxylic acids is 1. The van der Waals surface area contributed by atoms with Gasteiger partial charge >= 0.3 is 6.09 Å². The predicted octanol–water partition coefficient (Wildman–Crippen LogP) is 2.58. The zero-order chi connectivity index (χ0) is 16.0. The van der Waals surface area contributed by atoms with Crippen molar-refractivity contribution < 1.29 is 19.4 Å². The zero-order valence-corrected chi connectivity index (χ0v) is 13.3. The van der Waals surface area contributed by atoms with Crippen LogP contribution in [0.3, 0.4) is 0 Å². The third-order valence-corrected chi connectivity index (χ3v) is 3.63. The van der Waals surface area contributed by atoms with Crippen molar-refractivity contribution in [1.82, 2.24) is 4.90 Å². The van der Waals surface area contributed by atoms with Crippen LogP contribution in [-0.2, 0) is 16.1 Å². The molecule has 0 saturated carbocycles. The van der Waals surface area contributed by atoms with Crippen LogP contribution in [0.15, 0.2) is 30.3 Å². The molecule has 0 bridgehead atoms. The quantitative estimate of drug-likeness (QED) is 0.908. The molecule has 1 aromatic carbocycles. The molecule has 0 aliphatic carbocycles. The van der Waals surface area contributed by atoms with Gasteiger partial charge in [0.25, 0.3) is 0 Å². The number of hydrogen-bond acceptors (Lipinski definition) is 4. The Balaban J connectivity index is 1.98. The number of carbonyl (C=O) groups is 1. The second kappa shape index (κ2) is 7.61. The van der Waals surface area contributed by atoms with Gasteiger partial charge in [-0.25, -0.2) is 4.79 Å². The number of aliphatic hydroxyl groups is 1. The second-order valence-corrected chi connectivity index (χ2v) is 6.32. The number of hydrogen-bond donors (Lipinski definition) is 1. The van der Waals surface area contributed by atoms with Crippen molar-refractivity contribution in [2.45, 2.75) is 44.9 Å². The van der Waals surface area contributed by atoms with E-state index < -0.39 is 5.60 Å². The Morgan fingerprint density at radius 3 is 2.55 bits per heavy atom. The molecule has 1 aliphatic heterocycles. The molecule has 2 rings (SSSR count). The average molecular weight is 307 g/mol. The molecule has 5 nitrogen and oxygen atoms in total. The lowest BCUT2D eigenvalue weighted by molar-refractivity contribution is -0.0152. The van der Waals surface area contributed by atoms with Gasteiger partial charge in [-0.1, -0.05) is 30.3 Å². The summed E-state index contributed by atoms with van der Waals surface area (Å²) in [4.78, 5) is 14.1. The number of ether oxygens (including phenoxy) is 2. The van der Waals surface area contributed by atoms with Crippen LogP contribution in [0, 0.1) is 0 Å². The normalized spacial score (nSPS) is 16.3.